The quantitative estimate of drug-likeness (QED) is 0.184. The molecule has 13 heteroatoms. The Kier molecular flexibility index (Phi) is 7.22. The number of hydrogen-bond acceptors (Lipinski definition) is 8. The van der Waals surface area contributed by atoms with E-state index in [-0.39, 0.29) is 33.9 Å². The molecule has 4 amide bonds. The molecule has 2 saturated heterocycles. The Labute approximate surface area is 275 Å². The maximum Gasteiger partial charge on any atom is 0.260 e. The standard InChI is InChI=1S/C33H26BrClFN3O7/c1-46-25-13-15(12-24(34)28(25)40)27-20-10-11-21-26(31(43)39(45)29(21)41)22(20)14-23-30(42)38(37-19-8-6-18(36)7-9-19)32(44)33(23,27)16-2-4-17(35)5-3-16/h2-10,12-13,21-23,26-27,37,40,45H,11,14H2,1H3/t21-,22+,23-,26-,27-,33+/m0/s1. The van der Waals surface area contributed by atoms with Crippen molar-refractivity contribution in [1.29, 1.82) is 0 Å². The lowest BCUT2D eigenvalue weighted by Gasteiger charge is -2.50. The molecule has 2 aliphatic carbocycles. The molecule has 3 N–H and O–H groups in total. The van der Waals surface area contributed by atoms with Crippen LogP contribution in [-0.2, 0) is 24.6 Å². The van der Waals surface area contributed by atoms with E-state index in [1.165, 1.54) is 31.4 Å². The van der Waals surface area contributed by atoms with Gasteiger partial charge in [-0.1, -0.05) is 35.4 Å². The Balaban J connectivity index is 1.50. The summed E-state index contributed by atoms with van der Waals surface area (Å²) in [4.78, 5) is 55.8. The van der Waals surface area contributed by atoms with Gasteiger partial charge in [0.15, 0.2) is 11.5 Å². The third-order valence-corrected chi connectivity index (χ3v) is 10.7. The predicted molar refractivity (Wildman–Crippen MR) is 165 cm³/mol. The largest absolute Gasteiger partial charge is 0.503 e. The van der Waals surface area contributed by atoms with Gasteiger partial charge in [-0.05, 0) is 94.3 Å². The average molecular weight is 711 g/mol. The lowest BCUT2D eigenvalue weighted by atomic mass is 9.49. The molecule has 3 aromatic rings. The lowest BCUT2D eigenvalue weighted by molar-refractivity contribution is -0.173. The molecular formula is C33H26BrClFN3O7. The summed E-state index contributed by atoms with van der Waals surface area (Å²) in [5.41, 5.74) is 3.19. The molecule has 6 atom stereocenters. The van der Waals surface area contributed by atoms with Crippen molar-refractivity contribution in [3.63, 3.8) is 0 Å². The smallest absolute Gasteiger partial charge is 0.260 e. The van der Waals surface area contributed by atoms with Crippen molar-refractivity contribution < 1.29 is 38.6 Å². The number of rotatable bonds is 5. The van der Waals surface area contributed by atoms with Gasteiger partial charge in [0.05, 0.1) is 40.4 Å². The zero-order valence-electron chi connectivity index (χ0n) is 24.1. The van der Waals surface area contributed by atoms with Gasteiger partial charge in [0.1, 0.15) is 5.82 Å². The Morgan fingerprint density at radius 3 is 2.37 bits per heavy atom. The number of phenolic OH excluding ortho intramolecular Hbond substituents is 1. The molecule has 3 fully saturated rings. The maximum atomic E-state index is 15.0. The molecule has 3 aromatic carbocycles. The van der Waals surface area contributed by atoms with Gasteiger partial charge in [0.2, 0.25) is 0 Å². The van der Waals surface area contributed by atoms with Crippen LogP contribution in [0.25, 0.3) is 0 Å². The number of ether oxygens (including phenoxy) is 1. The minimum atomic E-state index is -1.60. The molecule has 2 heterocycles. The second-order valence-corrected chi connectivity index (χ2v) is 13.2. The van der Waals surface area contributed by atoms with Crippen LogP contribution in [-0.4, -0.2) is 51.1 Å². The van der Waals surface area contributed by atoms with Crippen LogP contribution in [0.1, 0.15) is 29.9 Å². The van der Waals surface area contributed by atoms with Gasteiger partial charge in [-0.3, -0.25) is 29.8 Å². The van der Waals surface area contributed by atoms with Gasteiger partial charge >= 0.3 is 0 Å². The minimum Gasteiger partial charge on any atom is -0.503 e. The first kappa shape index (κ1) is 30.4. The number of benzene rings is 3. The fourth-order valence-corrected chi connectivity index (χ4v) is 8.52. The molecule has 0 radical (unpaired) electrons. The van der Waals surface area contributed by atoms with Crippen molar-refractivity contribution in [3.05, 3.63) is 98.8 Å². The van der Waals surface area contributed by atoms with E-state index in [0.717, 1.165) is 5.01 Å². The second-order valence-electron chi connectivity index (χ2n) is 11.9. The molecule has 236 valence electrons. The molecule has 10 nitrogen and oxygen atoms in total. The zero-order chi connectivity index (χ0) is 32.7. The highest BCUT2D eigenvalue weighted by Crippen LogP contribution is 2.64. The normalized spacial score (nSPS) is 28.5. The number of halogens is 3. The monoisotopic (exact) mass is 709 g/mol. The Bertz CT molecular complexity index is 1850. The Morgan fingerprint density at radius 1 is 1.00 bits per heavy atom. The summed E-state index contributed by atoms with van der Waals surface area (Å²) in [6, 6.07) is 15.0. The third kappa shape index (κ3) is 4.23. The van der Waals surface area contributed by atoms with Crippen molar-refractivity contribution in [2.24, 2.45) is 23.7 Å². The Hall–Kier alpha value is -4.26. The van der Waals surface area contributed by atoms with E-state index in [1.807, 2.05) is 6.08 Å². The number of phenols is 1. The van der Waals surface area contributed by atoms with E-state index in [1.54, 1.807) is 36.4 Å². The number of allylic oxidation sites excluding steroid dienone is 2. The highest BCUT2D eigenvalue weighted by atomic mass is 79.9. The summed E-state index contributed by atoms with van der Waals surface area (Å²) in [5, 5.41) is 22.6. The maximum absolute atomic E-state index is 15.0. The lowest BCUT2D eigenvalue weighted by Crippen LogP contribution is -2.53. The number of carbonyl (C=O) groups is 4. The molecule has 0 bridgehead atoms. The average Bonchev–Trinajstić information content (AvgIpc) is 3.40. The summed E-state index contributed by atoms with van der Waals surface area (Å²) in [6.07, 6.45) is 1.98. The molecule has 0 spiro atoms. The van der Waals surface area contributed by atoms with Gasteiger partial charge in [-0.2, -0.15) is 10.1 Å². The highest BCUT2D eigenvalue weighted by Gasteiger charge is 2.70. The van der Waals surface area contributed by atoms with E-state index < -0.39 is 64.5 Å². The molecule has 46 heavy (non-hydrogen) atoms. The fourth-order valence-electron chi connectivity index (χ4n) is 7.93. The number of fused-ring (bicyclic) bond motifs is 4. The zero-order valence-corrected chi connectivity index (χ0v) is 26.5. The van der Waals surface area contributed by atoms with Gasteiger partial charge in [-0.15, -0.1) is 0 Å². The number of amides is 4. The number of hydroxylamine groups is 2. The van der Waals surface area contributed by atoms with E-state index in [0.29, 0.717) is 27.4 Å². The van der Waals surface area contributed by atoms with Crippen molar-refractivity contribution in [2.75, 3.05) is 12.5 Å². The number of nitrogens with zero attached hydrogens (tertiary/aromatic N) is 2. The number of carbonyl (C=O) groups excluding carboxylic acids is 4. The number of nitrogens with one attached hydrogen (secondary N) is 1. The van der Waals surface area contributed by atoms with E-state index in [9.17, 15) is 29.1 Å². The van der Waals surface area contributed by atoms with E-state index in [2.05, 4.69) is 21.4 Å². The summed E-state index contributed by atoms with van der Waals surface area (Å²) < 4.78 is 19.5. The van der Waals surface area contributed by atoms with Crippen LogP contribution in [0.5, 0.6) is 11.5 Å². The molecule has 2 aliphatic heterocycles. The molecular weight excluding hydrogens is 685 g/mol. The molecule has 4 aliphatic rings. The predicted octanol–water partition coefficient (Wildman–Crippen LogP) is 5.33. The first-order valence-corrected chi connectivity index (χ1v) is 15.7. The van der Waals surface area contributed by atoms with Gasteiger partial charge < -0.3 is 9.84 Å². The minimum absolute atomic E-state index is 0.0154. The van der Waals surface area contributed by atoms with Crippen LogP contribution in [0.4, 0.5) is 10.1 Å². The number of imide groups is 2. The van der Waals surface area contributed by atoms with Crippen molar-refractivity contribution in [3.8, 4) is 11.5 Å². The van der Waals surface area contributed by atoms with Gasteiger partial charge in [-0.25, -0.2) is 4.39 Å². The molecule has 1 saturated carbocycles. The van der Waals surface area contributed by atoms with Crippen LogP contribution in [0, 0.1) is 29.5 Å². The first-order chi connectivity index (χ1) is 22.0. The number of hydrogen-bond donors (Lipinski definition) is 3. The summed E-state index contributed by atoms with van der Waals surface area (Å²) in [6.45, 7) is 0. The summed E-state index contributed by atoms with van der Waals surface area (Å²) >= 11 is 9.68. The first-order valence-electron chi connectivity index (χ1n) is 14.5. The molecule has 0 unspecified atom stereocenters. The van der Waals surface area contributed by atoms with Crippen LogP contribution < -0.4 is 10.2 Å². The Morgan fingerprint density at radius 2 is 1.70 bits per heavy atom. The second kappa shape index (κ2) is 10.9. The summed E-state index contributed by atoms with van der Waals surface area (Å²) in [7, 11) is 1.38. The van der Waals surface area contributed by atoms with E-state index in [4.69, 9.17) is 16.3 Å². The topological polar surface area (TPSA) is 136 Å². The van der Waals surface area contributed by atoms with Gasteiger partial charge in [0.25, 0.3) is 23.6 Å². The van der Waals surface area contributed by atoms with Crippen LogP contribution in [0.2, 0.25) is 5.02 Å². The number of hydrazine groups is 1. The number of methoxy groups -OCH3 is 1. The molecule has 0 aromatic heterocycles. The van der Waals surface area contributed by atoms with Crippen molar-refractivity contribution >= 4 is 56.8 Å². The van der Waals surface area contributed by atoms with Crippen LogP contribution in [0.15, 0.2) is 76.8 Å². The molecule has 7 rings (SSSR count). The van der Waals surface area contributed by atoms with E-state index >= 15 is 4.79 Å². The fraction of sp³-hybridized carbons (Fsp3) is 0.273. The summed E-state index contributed by atoms with van der Waals surface area (Å²) in [5.74, 6) is -7.64. The highest BCUT2D eigenvalue weighted by molar-refractivity contribution is 9.10. The third-order valence-electron chi connectivity index (χ3n) is 9.84. The van der Waals surface area contributed by atoms with Crippen molar-refractivity contribution in [2.45, 2.75) is 24.2 Å². The number of aromatic hydroxyl groups is 1. The van der Waals surface area contributed by atoms with Gasteiger partial charge in [0, 0.05) is 10.9 Å². The van der Waals surface area contributed by atoms with Crippen molar-refractivity contribution in [1.82, 2.24) is 10.1 Å². The van der Waals surface area contributed by atoms with Crippen LogP contribution >= 0.6 is 27.5 Å². The van der Waals surface area contributed by atoms with Crippen LogP contribution in [0.3, 0.4) is 0 Å². The SMILES string of the molecule is COc1cc([C@H]2C3=CC[C@@H]4C(=O)N(O)C(=O)[C@@H]4[C@@H]3C[C@H]3C(=O)N(Nc4ccc(F)cc4)C(=O)[C@@]23c2ccc(Cl)cc2)cc(Br)c1O. The number of anilines is 1.